The molecule has 0 radical (unpaired) electrons. The summed E-state index contributed by atoms with van der Waals surface area (Å²) in [7, 11) is 0. The van der Waals surface area contributed by atoms with Crippen LogP contribution in [0.3, 0.4) is 0 Å². The Morgan fingerprint density at radius 3 is 1.12 bits per heavy atom. The topological polar surface area (TPSA) is 3.24 Å². The van der Waals surface area contributed by atoms with Crippen LogP contribution < -0.4 is 4.90 Å². The number of para-hydroxylation sites is 1. The lowest BCUT2D eigenvalue weighted by atomic mass is 9.84. The fraction of sp³-hybridized carbons (Fsp3) is 0. The summed E-state index contributed by atoms with van der Waals surface area (Å²) < 4.78 is 0. The molecule has 0 N–H and O–H groups in total. The number of nitrogens with zero attached hydrogens (tertiary/aromatic N) is 1. The molecule has 352 valence electrons. The van der Waals surface area contributed by atoms with Crippen molar-refractivity contribution in [3.05, 3.63) is 309 Å². The maximum absolute atomic E-state index is 2.45. The molecule has 1 nitrogen and oxygen atoms in total. The first kappa shape index (κ1) is 45.1. The van der Waals surface area contributed by atoms with Crippen LogP contribution in [0.2, 0.25) is 0 Å². The van der Waals surface area contributed by atoms with Crippen LogP contribution in [0.4, 0.5) is 17.1 Å². The van der Waals surface area contributed by atoms with E-state index in [4.69, 9.17) is 0 Å². The van der Waals surface area contributed by atoms with Gasteiger partial charge in [0.15, 0.2) is 0 Å². The molecule has 0 unspecified atom stereocenters. The van der Waals surface area contributed by atoms with Crippen molar-refractivity contribution in [2.75, 3.05) is 4.90 Å². The number of hydrogen-bond donors (Lipinski definition) is 0. The summed E-state index contributed by atoms with van der Waals surface area (Å²) in [6.45, 7) is 0. The van der Waals surface area contributed by atoms with E-state index >= 15 is 0 Å². The molecule has 0 heterocycles. The quantitative estimate of drug-likeness (QED) is 0.117. The molecular formula is C74H51N. The summed E-state index contributed by atoms with van der Waals surface area (Å²) >= 11 is 0. The third-order valence-corrected chi connectivity index (χ3v) is 14.7. The number of hydrogen-bond acceptors (Lipinski definition) is 1. The highest BCUT2D eigenvalue weighted by atomic mass is 15.1. The van der Waals surface area contributed by atoms with Gasteiger partial charge in [-0.3, -0.25) is 0 Å². The minimum absolute atomic E-state index is 1.06. The second-order valence-corrected chi connectivity index (χ2v) is 19.1. The van der Waals surface area contributed by atoms with Crippen LogP contribution in [0.15, 0.2) is 309 Å². The highest BCUT2D eigenvalue weighted by molar-refractivity contribution is 6.22. The lowest BCUT2D eigenvalue weighted by molar-refractivity contribution is 1.28. The monoisotopic (exact) mass is 953 g/mol. The van der Waals surface area contributed by atoms with E-state index in [0.717, 1.165) is 33.8 Å². The van der Waals surface area contributed by atoms with Gasteiger partial charge in [-0.05, 0) is 147 Å². The standard InChI is InChI=1S/C74H51N/c1-7-23-53(24-8-1)63-46-41-59(49-69(63)55-27-11-3-12-28-55)52-39-43-61(44-40-52)75(62-45-48-64(54-25-9-2-10-26-54)70(51-62)56-29-13-4-14-30-56)72-38-22-21-35-65(72)60-42-47-67-66-36-19-20-37-68(66)73(57-31-15-5-16-32-57)74(71(67)50-60)58-33-17-6-18-34-58/h1-51H. The molecule has 0 aromatic heterocycles. The second-order valence-electron chi connectivity index (χ2n) is 19.1. The lowest BCUT2D eigenvalue weighted by Gasteiger charge is -2.29. The Morgan fingerprint density at radius 2 is 0.560 bits per heavy atom. The average molecular weight is 954 g/mol. The maximum Gasteiger partial charge on any atom is 0.0540 e. The van der Waals surface area contributed by atoms with Gasteiger partial charge in [-0.2, -0.15) is 0 Å². The van der Waals surface area contributed by atoms with Crippen LogP contribution in [-0.4, -0.2) is 0 Å². The van der Waals surface area contributed by atoms with Gasteiger partial charge < -0.3 is 4.90 Å². The van der Waals surface area contributed by atoms with E-state index in [1.807, 2.05) is 0 Å². The number of anilines is 3. The molecule has 1 heteroatoms. The normalized spacial score (nSPS) is 11.2. The van der Waals surface area contributed by atoms with Crippen LogP contribution >= 0.6 is 0 Å². The summed E-state index contributed by atoms with van der Waals surface area (Å²) in [5.74, 6) is 0. The van der Waals surface area contributed by atoms with E-state index in [1.165, 1.54) is 93.9 Å². The zero-order valence-electron chi connectivity index (χ0n) is 41.4. The molecule has 0 bridgehead atoms. The van der Waals surface area contributed by atoms with E-state index < -0.39 is 0 Å². The van der Waals surface area contributed by atoms with Crippen molar-refractivity contribution in [1.82, 2.24) is 0 Å². The predicted molar refractivity (Wildman–Crippen MR) is 320 cm³/mol. The number of rotatable bonds is 11. The summed E-state index contributed by atoms with van der Waals surface area (Å²) in [6.07, 6.45) is 0. The third kappa shape index (κ3) is 8.67. The maximum atomic E-state index is 2.45. The minimum atomic E-state index is 1.06. The van der Waals surface area contributed by atoms with Crippen LogP contribution in [0.5, 0.6) is 0 Å². The fourth-order valence-corrected chi connectivity index (χ4v) is 11.2. The first-order valence-corrected chi connectivity index (χ1v) is 25.8. The molecule has 0 spiro atoms. The molecule has 75 heavy (non-hydrogen) atoms. The lowest BCUT2D eigenvalue weighted by Crippen LogP contribution is -2.11. The Kier molecular flexibility index (Phi) is 12.0. The Morgan fingerprint density at radius 1 is 0.173 bits per heavy atom. The zero-order chi connectivity index (χ0) is 49.9. The van der Waals surface area contributed by atoms with Gasteiger partial charge in [0, 0.05) is 16.9 Å². The molecule has 0 aliphatic carbocycles. The first-order valence-electron chi connectivity index (χ1n) is 25.8. The SMILES string of the molecule is c1ccc(-c2ccc(-c3ccc(N(c4ccc(-c5ccccc5)c(-c5ccccc5)c4)c4ccccc4-c4ccc5c(c4)c(-c4ccccc4)c(-c4ccccc4)c4ccccc45)cc3)cc2-c2ccccc2)cc1. The molecule has 13 aromatic rings. The predicted octanol–water partition coefficient (Wildman–Crippen LogP) is 20.8. The molecule has 0 saturated carbocycles. The molecule has 0 aliphatic heterocycles. The highest BCUT2D eigenvalue weighted by Crippen LogP contribution is 2.49. The van der Waals surface area contributed by atoms with Gasteiger partial charge in [0.25, 0.3) is 0 Å². The van der Waals surface area contributed by atoms with Crippen molar-refractivity contribution in [2.24, 2.45) is 0 Å². The van der Waals surface area contributed by atoms with Gasteiger partial charge in [0.1, 0.15) is 0 Å². The Balaban J connectivity index is 1.01. The molecule has 0 aliphatic rings. The van der Waals surface area contributed by atoms with Crippen LogP contribution in [0.1, 0.15) is 0 Å². The molecule has 0 atom stereocenters. The third-order valence-electron chi connectivity index (χ3n) is 14.7. The van der Waals surface area contributed by atoms with Crippen molar-refractivity contribution in [3.63, 3.8) is 0 Å². The van der Waals surface area contributed by atoms with Crippen LogP contribution in [0.25, 0.3) is 111 Å². The van der Waals surface area contributed by atoms with E-state index in [9.17, 15) is 0 Å². The van der Waals surface area contributed by atoms with E-state index in [0.29, 0.717) is 0 Å². The van der Waals surface area contributed by atoms with Gasteiger partial charge in [-0.1, -0.05) is 267 Å². The van der Waals surface area contributed by atoms with Crippen molar-refractivity contribution >= 4 is 38.6 Å². The highest BCUT2D eigenvalue weighted by Gasteiger charge is 2.23. The molecule has 13 rings (SSSR count). The van der Waals surface area contributed by atoms with Gasteiger partial charge in [-0.25, -0.2) is 0 Å². The van der Waals surface area contributed by atoms with Gasteiger partial charge in [-0.15, -0.1) is 0 Å². The van der Waals surface area contributed by atoms with Gasteiger partial charge in [0.05, 0.1) is 5.69 Å². The second kappa shape index (κ2) is 20.0. The van der Waals surface area contributed by atoms with Crippen LogP contribution in [-0.2, 0) is 0 Å². The van der Waals surface area contributed by atoms with E-state index in [-0.39, 0.29) is 0 Å². The molecule has 0 saturated heterocycles. The van der Waals surface area contributed by atoms with Gasteiger partial charge in [0.2, 0.25) is 0 Å². The Hall–Kier alpha value is -9.82. The minimum Gasteiger partial charge on any atom is -0.310 e. The fourth-order valence-electron chi connectivity index (χ4n) is 11.2. The smallest absolute Gasteiger partial charge is 0.0540 e. The summed E-state index contributed by atoms with van der Waals surface area (Å²) in [5.41, 5.74) is 22.2. The number of fused-ring (bicyclic) bond motifs is 3. The van der Waals surface area contributed by atoms with Crippen molar-refractivity contribution in [2.45, 2.75) is 0 Å². The van der Waals surface area contributed by atoms with Crippen molar-refractivity contribution in [3.8, 4) is 89.0 Å². The van der Waals surface area contributed by atoms with Gasteiger partial charge >= 0.3 is 0 Å². The summed E-state index contributed by atoms with van der Waals surface area (Å²) in [5, 5.41) is 4.93. The first-order chi connectivity index (χ1) is 37.2. The Bertz CT molecular complexity index is 4110. The van der Waals surface area contributed by atoms with E-state index in [1.54, 1.807) is 0 Å². The van der Waals surface area contributed by atoms with Crippen LogP contribution in [0, 0.1) is 0 Å². The molecular weight excluding hydrogens is 903 g/mol. The average Bonchev–Trinajstić information content (AvgIpc) is 3.51. The van der Waals surface area contributed by atoms with Crippen molar-refractivity contribution in [1.29, 1.82) is 0 Å². The zero-order valence-corrected chi connectivity index (χ0v) is 41.4. The number of benzene rings is 13. The van der Waals surface area contributed by atoms with E-state index in [2.05, 4.69) is 314 Å². The molecule has 0 fully saturated rings. The largest absolute Gasteiger partial charge is 0.310 e. The summed E-state index contributed by atoms with van der Waals surface area (Å²) in [6, 6.07) is 113. The Labute approximate surface area is 439 Å². The summed E-state index contributed by atoms with van der Waals surface area (Å²) in [4.78, 5) is 2.45. The van der Waals surface area contributed by atoms with Crippen molar-refractivity contribution < 1.29 is 0 Å². The molecule has 0 amide bonds. The molecule has 13 aromatic carbocycles.